The molecule has 2 aromatic carbocycles. The SMILES string of the molecule is O=C1CN(NC(=O)c2ccc(CN3C(=O)c4ccccc4S3(=O)=O)cc2)C(=O)N1. The molecule has 0 saturated carbocycles. The molecule has 2 N–H and O–H groups in total. The summed E-state index contributed by atoms with van der Waals surface area (Å²) >= 11 is 0. The molecule has 0 aromatic heterocycles. The fourth-order valence-corrected chi connectivity index (χ4v) is 4.59. The Morgan fingerprint density at radius 3 is 2.34 bits per heavy atom. The van der Waals surface area contributed by atoms with Crippen LogP contribution in [0.4, 0.5) is 4.79 Å². The topological polar surface area (TPSA) is 133 Å². The first-order valence-corrected chi connectivity index (χ1v) is 9.89. The van der Waals surface area contributed by atoms with E-state index in [0.717, 1.165) is 9.31 Å². The maximum Gasteiger partial charge on any atom is 0.343 e. The Morgan fingerprint density at radius 2 is 1.72 bits per heavy atom. The van der Waals surface area contributed by atoms with Crippen molar-refractivity contribution in [2.24, 2.45) is 0 Å². The molecule has 2 heterocycles. The summed E-state index contributed by atoms with van der Waals surface area (Å²) in [4.78, 5) is 47.2. The Balaban J connectivity index is 1.48. The molecule has 0 atom stereocenters. The van der Waals surface area contributed by atoms with Crippen molar-refractivity contribution in [3.8, 4) is 0 Å². The first-order chi connectivity index (χ1) is 13.8. The van der Waals surface area contributed by atoms with Crippen LogP contribution in [0.2, 0.25) is 0 Å². The second kappa shape index (κ2) is 6.71. The molecule has 5 amide bonds. The molecule has 2 aliphatic rings. The number of benzene rings is 2. The number of carbonyl (C=O) groups excluding carboxylic acids is 4. The molecule has 1 fully saturated rings. The first-order valence-electron chi connectivity index (χ1n) is 8.45. The standard InChI is InChI=1S/C18H14N4O6S/c23-15-10-21(18(26)19-15)20-16(24)12-7-5-11(6-8-12)9-22-17(25)13-3-1-2-4-14(13)29(22,27)28/h1-8H,9-10H2,(H,20,24)(H,19,23,26). The summed E-state index contributed by atoms with van der Waals surface area (Å²) in [5, 5.41) is 2.88. The van der Waals surface area contributed by atoms with Crippen LogP contribution in [0.3, 0.4) is 0 Å². The van der Waals surface area contributed by atoms with Crippen LogP contribution in [0.15, 0.2) is 53.4 Å². The number of hydrogen-bond donors (Lipinski definition) is 2. The zero-order chi connectivity index (χ0) is 20.8. The molecule has 29 heavy (non-hydrogen) atoms. The van der Waals surface area contributed by atoms with E-state index in [2.05, 4.69) is 5.43 Å². The van der Waals surface area contributed by atoms with Crippen LogP contribution in [-0.2, 0) is 21.4 Å². The van der Waals surface area contributed by atoms with E-state index >= 15 is 0 Å². The van der Waals surface area contributed by atoms with Crippen LogP contribution in [0.1, 0.15) is 26.3 Å². The number of hydrogen-bond acceptors (Lipinski definition) is 6. The van der Waals surface area contributed by atoms with E-state index in [-0.39, 0.29) is 29.1 Å². The number of hydrazine groups is 1. The number of rotatable bonds is 4. The largest absolute Gasteiger partial charge is 0.343 e. The zero-order valence-electron chi connectivity index (χ0n) is 14.8. The van der Waals surface area contributed by atoms with Crippen molar-refractivity contribution >= 4 is 33.8 Å². The summed E-state index contributed by atoms with van der Waals surface area (Å²) in [6.07, 6.45) is 0. The van der Waals surface area contributed by atoms with Crippen LogP contribution in [0.25, 0.3) is 0 Å². The van der Waals surface area contributed by atoms with Gasteiger partial charge in [0.25, 0.3) is 21.8 Å². The molecule has 4 rings (SSSR count). The minimum Gasteiger partial charge on any atom is -0.275 e. The van der Waals surface area contributed by atoms with Gasteiger partial charge in [-0.15, -0.1) is 0 Å². The second-order valence-corrected chi connectivity index (χ2v) is 8.22. The van der Waals surface area contributed by atoms with E-state index in [1.54, 1.807) is 12.1 Å². The minimum atomic E-state index is -3.93. The Morgan fingerprint density at radius 1 is 1.03 bits per heavy atom. The van der Waals surface area contributed by atoms with E-state index in [0.29, 0.717) is 5.56 Å². The minimum absolute atomic E-state index is 0.0283. The molecular formula is C18H14N4O6S. The van der Waals surface area contributed by atoms with Gasteiger partial charge in [0.15, 0.2) is 0 Å². The Hall–Kier alpha value is -3.73. The molecule has 10 nitrogen and oxygen atoms in total. The number of nitrogens with one attached hydrogen (secondary N) is 2. The van der Waals surface area contributed by atoms with Gasteiger partial charge in [-0.3, -0.25) is 25.1 Å². The summed E-state index contributed by atoms with van der Waals surface area (Å²) in [6, 6.07) is 11.1. The Kier molecular flexibility index (Phi) is 4.31. The molecule has 1 saturated heterocycles. The van der Waals surface area contributed by atoms with Gasteiger partial charge in [-0.05, 0) is 29.8 Å². The molecule has 2 aliphatic heterocycles. The van der Waals surface area contributed by atoms with Gasteiger partial charge >= 0.3 is 6.03 Å². The lowest BCUT2D eigenvalue weighted by molar-refractivity contribution is -0.118. The molecule has 0 aliphatic carbocycles. The number of imide groups is 1. The normalized spacial score (nSPS) is 17.3. The van der Waals surface area contributed by atoms with Crippen molar-refractivity contribution < 1.29 is 27.6 Å². The highest BCUT2D eigenvalue weighted by molar-refractivity contribution is 7.90. The predicted molar refractivity (Wildman–Crippen MR) is 97.7 cm³/mol. The summed E-state index contributed by atoms with van der Waals surface area (Å²) in [7, 11) is -3.93. The number of sulfonamides is 1. The van der Waals surface area contributed by atoms with Crippen LogP contribution in [-0.4, -0.2) is 48.0 Å². The molecule has 2 aromatic rings. The lowest BCUT2D eigenvalue weighted by Crippen LogP contribution is -2.44. The zero-order valence-corrected chi connectivity index (χ0v) is 15.6. The molecule has 0 unspecified atom stereocenters. The summed E-state index contributed by atoms with van der Waals surface area (Å²) in [6.45, 7) is -0.459. The van der Waals surface area contributed by atoms with Gasteiger partial charge in [0.05, 0.1) is 12.1 Å². The van der Waals surface area contributed by atoms with Gasteiger partial charge in [0.2, 0.25) is 5.91 Å². The number of carbonyl (C=O) groups is 4. The third kappa shape index (κ3) is 3.21. The fourth-order valence-electron chi connectivity index (χ4n) is 3.03. The smallest absolute Gasteiger partial charge is 0.275 e. The fraction of sp³-hybridized carbons (Fsp3) is 0.111. The number of amides is 5. The number of fused-ring (bicyclic) bond motifs is 1. The summed E-state index contributed by atoms with van der Waals surface area (Å²) in [5.74, 6) is -1.74. The first kappa shape index (κ1) is 18.6. The van der Waals surface area contributed by atoms with E-state index in [9.17, 15) is 27.6 Å². The van der Waals surface area contributed by atoms with Crippen LogP contribution < -0.4 is 10.7 Å². The average molecular weight is 414 g/mol. The van der Waals surface area contributed by atoms with Crippen molar-refractivity contribution in [1.82, 2.24) is 20.1 Å². The van der Waals surface area contributed by atoms with Crippen molar-refractivity contribution in [2.75, 3.05) is 6.54 Å². The van der Waals surface area contributed by atoms with Crippen molar-refractivity contribution in [2.45, 2.75) is 11.4 Å². The molecule has 148 valence electrons. The van der Waals surface area contributed by atoms with E-state index in [1.165, 1.54) is 36.4 Å². The average Bonchev–Trinajstić information content (AvgIpc) is 3.11. The highest BCUT2D eigenvalue weighted by atomic mass is 32.2. The third-order valence-corrected chi connectivity index (χ3v) is 6.27. The van der Waals surface area contributed by atoms with Gasteiger partial charge < -0.3 is 0 Å². The molecular weight excluding hydrogens is 400 g/mol. The van der Waals surface area contributed by atoms with Gasteiger partial charge in [-0.1, -0.05) is 24.3 Å². The maximum atomic E-state index is 12.6. The third-order valence-electron chi connectivity index (χ3n) is 4.48. The monoisotopic (exact) mass is 414 g/mol. The molecule has 11 heteroatoms. The number of nitrogens with zero attached hydrogens (tertiary/aromatic N) is 2. The highest BCUT2D eigenvalue weighted by Gasteiger charge is 2.40. The van der Waals surface area contributed by atoms with E-state index in [1.807, 2.05) is 5.32 Å². The van der Waals surface area contributed by atoms with Gasteiger partial charge in [-0.25, -0.2) is 22.5 Å². The Bertz CT molecular complexity index is 1160. The van der Waals surface area contributed by atoms with Gasteiger partial charge in [0, 0.05) is 5.56 Å². The lowest BCUT2D eigenvalue weighted by atomic mass is 10.1. The van der Waals surface area contributed by atoms with Crippen LogP contribution in [0.5, 0.6) is 0 Å². The van der Waals surface area contributed by atoms with Crippen molar-refractivity contribution in [3.05, 3.63) is 65.2 Å². The molecule has 0 radical (unpaired) electrons. The number of urea groups is 1. The summed E-state index contributed by atoms with van der Waals surface area (Å²) in [5.41, 5.74) is 3.12. The van der Waals surface area contributed by atoms with E-state index < -0.39 is 33.8 Å². The second-order valence-electron chi connectivity index (χ2n) is 6.39. The summed E-state index contributed by atoms with van der Waals surface area (Å²) < 4.78 is 26.0. The molecule has 0 bridgehead atoms. The van der Waals surface area contributed by atoms with Gasteiger partial charge in [-0.2, -0.15) is 0 Å². The quantitative estimate of drug-likeness (QED) is 0.688. The van der Waals surface area contributed by atoms with Gasteiger partial charge in [0.1, 0.15) is 11.4 Å². The predicted octanol–water partition coefficient (Wildman–Crippen LogP) is 0.228. The van der Waals surface area contributed by atoms with E-state index in [4.69, 9.17) is 0 Å². The highest BCUT2D eigenvalue weighted by Crippen LogP contribution is 2.31. The maximum absolute atomic E-state index is 12.6. The Labute approximate surface area is 165 Å². The molecule has 0 spiro atoms. The van der Waals surface area contributed by atoms with Crippen molar-refractivity contribution in [3.63, 3.8) is 0 Å². The van der Waals surface area contributed by atoms with Crippen molar-refractivity contribution in [1.29, 1.82) is 0 Å². The van der Waals surface area contributed by atoms with Crippen LogP contribution in [0, 0.1) is 0 Å². The lowest BCUT2D eigenvalue weighted by Gasteiger charge is -2.16. The van der Waals surface area contributed by atoms with Crippen LogP contribution >= 0.6 is 0 Å².